The summed E-state index contributed by atoms with van der Waals surface area (Å²) in [5, 5.41) is 12.7. The van der Waals surface area contributed by atoms with Gasteiger partial charge in [-0.3, -0.25) is 0 Å². The topological polar surface area (TPSA) is 32.3 Å². The van der Waals surface area contributed by atoms with Gasteiger partial charge in [-0.25, -0.2) is 8.78 Å². The first-order chi connectivity index (χ1) is 9.05. The van der Waals surface area contributed by atoms with Gasteiger partial charge in [-0.2, -0.15) is 0 Å². The number of nitrogens with one attached hydrogen (secondary N) is 1. The normalized spacial score (nSPS) is 11.8. The van der Waals surface area contributed by atoms with E-state index >= 15 is 0 Å². The maximum atomic E-state index is 13.0. The van der Waals surface area contributed by atoms with Gasteiger partial charge in [0.25, 0.3) is 0 Å². The Morgan fingerprint density at radius 2 is 1.68 bits per heavy atom. The van der Waals surface area contributed by atoms with Crippen LogP contribution < -0.4 is 5.32 Å². The van der Waals surface area contributed by atoms with Crippen molar-refractivity contribution in [2.45, 2.75) is 33.1 Å². The van der Waals surface area contributed by atoms with Gasteiger partial charge in [0, 0.05) is 24.6 Å². The first-order valence-electron chi connectivity index (χ1n) is 6.82. The van der Waals surface area contributed by atoms with Crippen molar-refractivity contribution >= 4 is 0 Å². The van der Waals surface area contributed by atoms with Gasteiger partial charge in [0.15, 0.2) is 0 Å². The average molecular weight is 271 g/mol. The summed E-state index contributed by atoms with van der Waals surface area (Å²) in [7, 11) is 0. The zero-order chi connectivity index (χ0) is 14.3. The molecule has 0 saturated heterocycles. The van der Waals surface area contributed by atoms with Crippen molar-refractivity contribution in [3.63, 3.8) is 0 Å². The zero-order valence-electron chi connectivity index (χ0n) is 11.7. The predicted molar refractivity (Wildman–Crippen MR) is 73.0 cm³/mol. The van der Waals surface area contributed by atoms with Crippen molar-refractivity contribution < 1.29 is 13.9 Å². The van der Waals surface area contributed by atoms with E-state index in [4.69, 9.17) is 0 Å². The lowest BCUT2D eigenvalue weighted by molar-refractivity contribution is 0.113. The maximum Gasteiger partial charge on any atom is 0.126 e. The molecule has 0 bridgehead atoms. The standard InChI is InChI=1S/C15H23F2NO/c1-3-15(4-2,11-19)10-18-6-5-12-7-13(16)9-14(17)8-12/h7-9,18-19H,3-6,10-11H2,1-2H3. The molecule has 0 atom stereocenters. The van der Waals surface area contributed by atoms with Crippen LogP contribution in [0.25, 0.3) is 0 Å². The lowest BCUT2D eigenvalue weighted by Crippen LogP contribution is -2.37. The van der Waals surface area contributed by atoms with Crippen LogP contribution in [0.4, 0.5) is 8.78 Å². The summed E-state index contributed by atoms with van der Waals surface area (Å²) < 4.78 is 26.0. The van der Waals surface area contributed by atoms with Crippen LogP contribution in [0.15, 0.2) is 18.2 Å². The van der Waals surface area contributed by atoms with Crippen molar-refractivity contribution in [2.24, 2.45) is 5.41 Å². The molecule has 0 aliphatic carbocycles. The summed E-state index contributed by atoms with van der Waals surface area (Å²) in [6.07, 6.45) is 2.38. The lowest BCUT2D eigenvalue weighted by Gasteiger charge is -2.29. The number of halogens is 2. The summed E-state index contributed by atoms with van der Waals surface area (Å²) in [5.41, 5.74) is 0.556. The Morgan fingerprint density at radius 3 is 2.16 bits per heavy atom. The molecule has 1 rings (SSSR count). The van der Waals surface area contributed by atoms with Gasteiger partial charge in [-0.05, 0) is 43.5 Å². The van der Waals surface area contributed by atoms with Gasteiger partial charge >= 0.3 is 0 Å². The van der Waals surface area contributed by atoms with E-state index in [0.29, 0.717) is 25.1 Å². The third-order valence-corrected chi connectivity index (χ3v) is 3.85. The molecule has 0 fully saturated rings. The number of rotatable bonds is 8. The molecule has 0 aliphatic heterocycles. The summed E-state index contributed by atoms with van der Waals surface area (Å²) in [6.45, 7) is 5.63. The molecule has 19 heavy (non-hydrogen) atoms. The summed E-state index contributed by atoms with van der Waals surface area (Å²) in [6, 6.07) is 3.58. The molecule has 1 aromatic rings. The van der Waals surface area contributed by atoms with E-state index in [1.165, 1.54) is 12.1 Å². The van der Waals surface area contributed by atoms with E-state index < -0.39 is 11.6 Å². The number of hydrogen-bond donors (Lipinski definition) is 2. The molecular formula is C15H23F2NO. The fourth-order valence-corrected chi connectivity index (χ4v) is 2.12. The maximum absolute atomic E-state index is 13.0. The molecule has 0 unspecified atom stereocenters. The Hall–Kier alpha value is -1.00. The van der Waals surface area contributed by atoms with Crippen LogP contribution in [0, 0.1) is 17.0 Å². The van der Waals surface area contributed by atoms with Crippen LogP contribution >= 0.6 is 0 Å². The van der Waals surface area contributed by atoms with E-state index in [1.807, 2.05) is 0 Å². The molecular weight excluding hydrogens is 248 g/mol. The van der Waals surface area contributed by atoms with Gasteiger partial charge in [-0.1, -0.05) is 13.8 Å². The van der Waals surface area contributed by atoms with Crippen LogP contribution in [0.1, 0.15) is 32.3 Å². The molecule has 0 amide bonds. The third kappa shape index (κ3) is 4.88. The number of aliphatic hydroxyl groups is 1. The van der Waals surface area contributed by atoms with E-state index in [0.717, 1.165) is 18.9 Å². The summed E-state index contributed by atoms with van der Waals surface area (Å²) in [5.74, 6) is -1.08. The molecule has 0 radical (unpaired) electrons. The summed E-state index contributed by atoms with van der Waals surface area (Å²) >= 11 is 0. The molecule has 108 valence electrons. The first kappa shape index (κ1) is 16.1. The highest BCUT2D eigenvalue weighted by Gasteiger charge is 2.24. The minimum absolute atomic E-state index is 0.0901. The Morgan fingerprint density at radius 1 is 1.11 bits per heavy atom. The van der Waals surface area contributed by atoms with E-state index in [-0.39, 0.29) is 12.0 Å². The number of aliphatic hydroxyl groups excluding tert-OH is 1. The predicted octanol–water partition coefficient (Wildman–Crippen LogP) is 2.90. The van der Waals surface area contributed by atoms with Crippen LogP contribution in [0.3, 0.4) is 0 Å². The quantitative estimate of drug-likeness (QED) is 0.713. The highest BCUT2D eigenvalue weighted by molar-refractivity contribution is 5.18. The lowest BCUT2D eigenvalue weighted by atomic mass is 9.83. The minimum Gasteiger partial charge on any atom is -0.396 e. The largest absolute Gasteiger partial charge is 0.396 e. The van der Waals surface area contributed by atoms with Crippen molar-refractivity contribution in [3.8, 4) is 0 Å². The van der Waals surface area contributed by atoms with Crippen molar-refractivity contribution in [1.82, 2.24) is 5.32 Å². The summed E-state index contributed by atoms with van der Waals surface area (Å²) in [4.78, 5) is 0. The van der Waals surface area contributed by atoms with Gasteiger partial charge < -0.3 is 10.4 Å². The van der Waals surface area contributed by atoms with E-state index in [9.17, 15) is 13.9 Å². The van der Waals surface area contributed by atoms with Crippen LogP contribution in [-0.2, 0) is 6.42 Å². The molecule has 0 aromatic heterocycles. The molecule has 2 N–H and O–H groups in total. The Kier molecular flexibility index (Phi) is 6.38. The van der Waals surface area contributed by atoms with Gasteiger partial charge in [0.2, 0.25) is 0 Å². The van der Waals surface area contributed by atoms with Crippen LogP contribution in [-0.4, -0.2) is 24.8 Å². The number of benzene rings is 1. The van der Waals surface area contributed by atoms with Gasteiger partial charge in [-0.15, -0.1) is 0 Å². The average Bonchev–Trinajstić information content (AvgIpc) is 2.39. The fourth-order valence-electron chi connectivity index (χ4n) is 2.12. The number of hydrogen-bond acceptors (Lipinski definition) is 2. The van der Waals surface area contributed by atoms with Gasteiger partial charge in [0.05, 0.1) is 0 Å². The van der Waals surface area contributed by atoms with Crippen molar-refractivity contribution in [3.05, 3.63) is 35.4 Å². The fraction of sp³-hybridized carbons (Fsp3) is 0.600. The van der Waals surface area contributed by atoms with Crippen LogP contribution in [0.5, 0.6) is 0 Å². The van der Waals surface area contributed by atoms with Gasteiger partial charge in [0.1, 0.15) is 11.6 Å². The third-order valence-electron chi connectivity index (χ3n) is 3.85. The van der Waals surface area contributed by atoms with Crippen molar-refractivity contribution in [1.29, 1.82) is 0 Å². The first-order valence-corrected chi connectivity index (χ1v) is 6.82. The highest BCUT2D eigenvalue weighted by Crippen LogP contribution is 2.24. The van der Waals surface area contributed by atoms with E-state index in [1.54, 1.807) is 0 Å². The molecule has 0 heterocycles. The van der Waals surface area contributed by atoms with Crippen molar-refractivity contribution in [2.75, 3.05) is 19.7 Å². The Labute approximate surface area is 113 Å². The Bertz CT molecular complexity index is 363. The van der Waals surface area contributed by atoms with Crippen LogP contribution in [0.2, 0.25) is 0 Å². The van der Waals surface area contributed by atoms with E-state index in [2.05, 4.69) is 19.2 Å². The molecule has 0 aliphatic rings. The second kappa shape index (κ2) is 7.56. The second-order valence-electron chi connectivity index (χ2n) is 5.07. The SMILES string of the molecule is CCC(CC)(CO)CNCCc1cc(F)cc(F)c1. The molecule has 0 spiro atoms. The molecule has 0 saturated carbocycles. The molecule has 2 nitrogen and oxygen atoms in total. The smallest absolute Gasteiger partial charge is 0.126 e. The zero-order valence-corrected chi connectivity index (χ0v) is 11.7. The second-order valence-corrected chi connectivity index (χ2v) is 5.07. The monoisotopic (exact) mass is 271 g/mol. The molecule has 4 heteroatoms. The molecule has 1 aromatic carbocycles. The minimum atomic E-state index is -0.540. The Balaban J connectivity index is 2.42. The highest BCUT2D eigenvalue weighted by atomic mass is 19.1.